The molecule has 2 aromatic carbocycles. The Morgan fingerprint density at radius 3 is 1.06 bits per heavy atom. The van der Waals surface area contributed by atoms with Crippen LogP contribution in [0.5, 0.6) is 0 Å². The Balaban J connectivity index is 0.000000478. The monoisotopic (exact) mass is 656 g/mol. The molecule has 0 aliphatic carbocycles. The number of nitrogens with two attached hydrogens (primary N) is 2. The molecule has 0 saturated carbocycles. The van der Waals surface area contributed by atoms with Gasteiger partial charge in [0.15, 0.2) is 0 Å². The third-order valence-electron chi connectivity index (χ3n) is 4.81. The molecule has 2 saturated heterocycles. The fourth-order valence-electron chi connectivity index (χ4n) is 3.04. The van der Waals surface area contributed by atoms with Gasteiger partial charge in [-0.1, -0.05) is 21.5 Å². The fourth-order valence-corrected chi connectivity index (χ4v) is 5.90. The Hall–Kier alpha value is -0.621. The third kappa shape index (κ3) is 26.3. The molecule has 2 aromatic rings. The summed E-state index contributed by atoms with van der Waals surface area (Å²) >= 11 is 16.0. The Bertz CT molecular complexity index is 695. The van der Waals surface area contributed by atoms with Crippen molar-refractivity contribution in [2.75, 3.05) is 26.2 Å². The van der Waals surface area contributed by atoms with Gasteiger partial charge in [-0.25, -0.2) is 0 Å². The van der Waals surface area contributed by atoms with Crippen LogP contribution in [0.25, 0.3) is 0 Å². The number of benzene rings is 2. The van der Waals surface area contributed by atoms with E-state index in [4.69, 9.17) is 0 Å². The first-order valence-corrected chi connectivity index (χ1v) is 16.4. The predicted molar refractivity (Wildman–Crippen MR) is 169 cm³/mol. The summed E-state index contributed by atoms with van der Waals surface area (Å²) in [6.07, 6.45) is 8.43. The van der Waals surface area contributed by atoms with Gasteiger partial charge in [0.1, 0.15) is 0 Å². The number of thiocarbonyl (C=S) groups is 2. The number of piperidine rings is 2. The number of nitrogens with one attached hydrogen (secondary N) is 2. The quantitative estimate of drug-likeness (QED) is 0.224. The maximum Gasteiger partial charge on any atom is -0.0708 e. The molecule has 9 heteroatoms. The van der Waals surface area contributed by atoms with Crippen LogP contribution in [0.15, 0.2) is 48.5 Å². The SMILES string of the molecule is C1CCNCC1.C1CCNCC1.Cc1cc[c]([Sn+2][c]2ccc(C)cc2)cc1.NC(=S)[S-].NC(=S)[S-]. The second-order valence-corrected chi connectivity index (χ2v) is 14.4. The molecule has 0 atom stereocenters. The van der Waals surface area contributed by atoms with E-state index in [0.717, 1.165) is 0 Å². The van der Waals surface area contributed by atoms with Crippen molar-refractivity contribution in [1.82, 2.24) is 10.6 Å². The maximum absolute atomic E-state index is 4.66. The van der Waals surface area contributed by atoms with Crippen LogP contribution < -0.4 is 29.3 Å². The Morgan fingerprint density at radius 2 is 0.886 bits per heavy atom. The minimum absolute atomic E-state index is 0.0833. The molecule has 4 rings (SSSR count). The summed E-state index contributed by atoms with van der Waals surface area (Å²) in [5.41, 5.74) is 12.0. The molecule has 0 bridgehead atoms. The molecule has 4 nitrogen and oxygen atoms in total. The molecule has 6 N–H and O–H groups in total. The van der Waals surface area contributed by atoms with Crippen molar-refractivity contribution in [3.63, 3.8) is 0 Å². The van der Waals surface area contributed by atoms with Crippen LogP contribution in [0.3, 0.4) is 0 Å². The molecule has 2 aliphatic heterocycles. The average molecular weight is 656 g/mol. The molecule has 0 unspecified atom stereocenters. The Labute approximate surface area is 245 Å². The molecule has 0 amide bonds. The van der Waals surface area contributed by atoms with Gasteiger partial charge >= 0.3 is 102 Å². The first kappa shape index (κ1) is 34.4. The van der Waals surface area contributed by atoms with Crippen LogP contribution in [0.4, 0.5) is 0 Å². The zero-order valence-corrected chi connectivity index (χ0v) is 27.1. The number of aryl methyl sites for hydroxylation is 2. The molecule has 35 heavy (non-hydrogen) atoms. The van der Waals surface area contributed by atoms with Crippen molar-refractivity contribution in [1.29, 1.82) is 0 Å². The van der Waals surface area contributed by atoms with E-state index < -0.39 is 21.1 Å². The first-order chi connectivity index (χ1) is 16.7. The largest absolute Gasteiger partial charge is 0.415 e. The molecule has 0 radical (unpaired) electrons. The Kier molecular flexibility index (Phi) is 23.3. The van der Waals surface area contributed by atoms with Crippen LogP contribution in [-0.4, -0.2) is 56.0 Å². The molecular formula is C26H40N4S4Sn. The zero-order chi connectivity index (χ0) is 26.3. The normalized spacial score (nSPS) is 13.8. The van der Waals surface area contributed by atoms with Gasteiger partial charge in [0.05, 0.1) is 0 Å². The van der Waals surface area contributed by atoms with Gasteiger partial charge in [-0.15, -0.1) is 0 Å². The smallest absolute Gasteiger partial charge is 0.0708 e. The summed E-state index contributed by atoms with van der Waals surface area (Å²) < 4.78 is 3.26. The maximum atomic E-state index is 4.66. The van der Waals surface area contributed by atoms with Crippen LogP contribution in [-0.2, 0) is 25.3 Å². The van der Waals surface area contributed by atoms with E-state index in [1.807, 2.05) is 0 Å². The van der Waals surface area contributed by atoms with Crippen molar-refractivity contribution in [2.24, 2.45) is 11.5 Å². The van der Waals surface area contributed by atoms with Crippen LogP contribution >= 0.6 is 24.4 Å². The van der Waals surface area contributed by atoms with Gasteiger partial charge < -0.3 is 71.8 Å². The summed E-state index contributed by atoms with van der Waals surface area (Å²) in [5.74, 6) is 0. The molecule has 2 fully saturated rings. The summed E-state index contributed by atoms with van der Waals surface area (Å²) in [6, 6.07) is 18.0. The molecule has 2 aliphatic rings. The third-order valence-corrected chi connectivity index (χ3v) is 8.36. The van der Waals surface area contributed by atoms with Gasteiger partial charge in [-0.2, -0.15) is 0 Å². The summed E-state index contributed by atoms with van der Waals surface area (Å²) in [5, 5.41) is 6.57. The molecule has 0 aromatic heterocycles. The summed E-state index contributed by atoms with van der Waals surface area (Å²) in [7, 11) is 0. The standard InChI is InChI=1S/2C7H7.2C5H11N.2CH3NS2.Sn/c2*1-7-5-3-2-4-6-7;2*1-2-4-6-5-3-1;2*2-1(3)4;/h2*3-6H,1H3;2*6H,1-5H2;2*(H3,2,3,4);/q;;;;;;+2/p-2. The van der Waals surface area contributed by atoms with Crippen molar-refractivity contribution >= 4 is 86.6 Å². The van der Waals surface area contributed by atoms with Crippen LogP contribution in [0.1, 0.15) is 49.7 Å². The predicted octanol–water partition coefficient (Wildman–Crippen LogP) is 3.03. The summed E-state index contributed by atoms with van der Waals surface area (Å²) in [6.45, 7) is 9.28. The average Bonchev–Trinajstić information content (AvgIpc) is 2.84. The van der Waals surface area contributed by atoms with Crippen molar-refractivity contribution < 1.29 is 0 Å². The Morgan fingerprint density at radius 1 is 0.629 bits per heavy atom. The minimum atomic E-state index is -0.556. The zero-order valence-electron chi connectivity index (χ0n) is 21.0. The van der Waals surface area contributed by atoms with E-state index in [1.165, 1.54) is 75.8 Å². The van der Waals surface area contributed by atoms with Gasteiger partial charge in [0, 0.05) is 0 Å². The number of rotatable bonds is 2. The van der Waals surface area contributed by atoms with E-state index in [0.29, 0.717) is 0 Å². The van der Waals surface area contributed by atoms with Crippen molar-refractivity contribution in [2.45, 2.75) is 52.4 Å². The number of hydrogen-bond acceptors (Lipinski definition) is 6. The van der Waals surface area contributed by atoms with E-state index in [2.05, 4.69) is 134 Å². The van der Waals surface area contributed by atoms with E-state index >= 15 is 0 Å². The van der Waals surface area contributed by atoms with Crippen molar-refractivity contribution in [3.05, 3.63) is 59.7 Å². The van der Waals surface area contributed by atoms with Gasteiger partial charge in [-0.3, -0.25) is 0 Å². The van der Waals surface area contributed by atoms with E-state index in [1.54, 1.807) is 7.16 Å². The van der Waals surface area contributed by atoms with Crippen LogP contribution in [0, 0.1) is 13.8 Å². The number of hydrogen-bond donors (Lipinski definition) is 4. The minimum Gasteiger partial charge on any atom is -0.415 e. The van der Waals surface area contributed by atoms with E-state index in [-0.39, 0.29) is 8.64 Å². The fraction of sp³-hybridized carbons (Fsp3) is 0.462. The van der Waals surface area contributed by atoms with Gasteiger partial charge in [0.2, 0.25) is 0 Å². The van der Waals surface area contributed by atoms with Crippen molar-refractivity contribution in [3.8, 4) is 0 Å². The van der Waals surface area contributed by atoms with Crippen LogP contribution in [0.2, 0.25) is 0 Å². The molecule has 0 spiro atoms. The van der Waals surface area contributed by atoms with E-state index in [9.17, 15) is 0 Å². The van der Waals surface area contributed by atoms with Gasteiger partial charge in [0.25, 0.3) is 0 Å². The summed E-state index contributed by atoms with van der Waals surface area (Å²) in [4.78, 5) is 0. The van der Waals surface area contributed by atoms with Gasteiger partial charge in [-0.05, 0) is 51.9 Å². The molecule has 192 valence electrons. The topological polar surface area (TPSA) is 76.1 Å². The second-order valence-electron chi connectivity index (χ2n) is 8.12. The molecule has 2 heterocycles. The second kappa shape index (κ2) is 23.8. The molecular weight excluding hydrogens is 615 g/mol. The first-order valence-electron chi connectivity index (χ1n) is 12.0.